The molecule has 2 heterocycles. The highest BCUT2D eigenvalue weighted by Gasteiger charge is 2.35. The Morgan fingerprint density at radius 2 is 2.00 bits per heavy atom. The van der Waals surface area contributed by atoms with Crippen LogP contribution >= 0.6 is 0 Å². The summed E-state index contributed by atoms with van der Waals surface area (Å²) in [4.78, 5) is 15.0. The molecule has 2 aromatic rings. The summed E-state index contributed by atoms with van der Waals surface area (Å²) in [6, 6.07) is 8.08. The van der Waals surface area contributed by atoms with Gasteiger partial charge in [0.2, 0.25) is 0 Å². The molecule has 1 saturated heterocycles. The minimum Gasteiger partial charge on any atom is -0.321 e. The van der Waals surface area contributed by atoms with Gasteiger partial charge >= 0.3 is 6.03 Å². The number of anilines is 1. The summed E-state index contributed by atoms with van der Waals surface area (Å²) in [7, 11) is 0. The standard InChI is InChI=1S/C19H26N6O/c1-14-21-22-23-25(14)17-10-5-9-16(13-17)20-19(26)24-12-6-11-18(24)15-7-3-2-4-8-15/h5,9-10,13,15,18H,2-4,6-8,11-12H2,1H3,(H,20,26). The Balaban J connectivity index is 1.46. The minimum absolute atomic E-state index is 0.0173. The van der Waals surface area contributed by atoms with Gasteiger partial charge in [0.15, 0.2) is 5.82 Å². The molecule has 7 heteroatoms. The largest absolute Gasteiger partial charge is 0.322 e. The molecule has 1 aromatic carbocycles. The fourth-order valence-electron chi connectivity index (χ4n) is 4.43. The summed E-state index contributed by atoms with van der Waals surface area (Å²) in [5, 5.41) is 14.7. The summed E-state index contributed by atoms with van der Waals surface area (Å²) in [6.45, 7) is 2.71. The fourth-order valence-corrected chi connectivity index (χ4v) is 4.43. The van der Waals surface area contributed by atoms with E-state index in [0.717, 1.165) is 30.8 Å². The number of aryl methyl sites for hydroxylation is 1. The van der Waals surface area contributed by atoms with Crippen LogP contribution in [0.2, 0.25) is 0 Å². The lowest BCUT2D eigenvalue weighted by molar-refractivity contribution is 0.166. The molecular weight excluding hydrogens is 328 g/mol. The molecule has 7 nitrogen and oxygen atoms in total. The number of nitrogens with one attached hydrogen (secondary N) is 1. The maximum atomic E-state index is 12.9. The smallest absolute Gasteiger partial charge is 0.321 e. The van der Waals surface area contributed by atoms with Gasteiger partial charge in [0.05, 0.1) is 5.69 Å². The van der Waals surface area contributed by atoms with Crippen LogP contribution in [0.3, 0.4) is 0 Å². The minimum atomic E-state index is 0.0173. The van der Waals surface area contributed by atoms with Crippen LogP contribution in [0.5, 0.6) is 0 Å². The van der Waals surface area contributed by atoms with E-state index in [-0.39, 0.29) is 6.03 Å². The summed E-state index contributed by atoms with van der Waals surface area (Å²) in [6.07, 6.45) is 8.75. The second-order valence-electron chi connectivity index (χ2n) is 7.42. The summed E-state index contributed by atoms with van der Waals surface area (Å²) in [5.41, 5.74) is 1.62. The molecule has 4 rings (SSSR count). The predicted molar refractivity (Wildman–Crippen MR) is 99.2 cm³/mol. The highest BCUT2D eigenvalue weighted by Crippen LogP contribution is 2.34. The average molecular weight is 354 g/mol. The lowest BCUT2D eigenvalue weighted by Gasteiger charge is -2.34. The zero-order valence-electron chi connectivity index (χ0n) is 15.3. The second kappa shape index (κ2) is 7.43. The molecule has 1 aromatic heterocycles. The van der Waals surface area contributed by atoms with E-state index in [1.54, 1.807) is 4.68 Å². The molecule has 0 radical (unpaired) electrons. The normalized spacial score (nSPS) is 21.1. The molecule has 138 valence electrons. The van der Waals surface area contributed by atoms with Gasteiger partial charge < -0.3 is 10.2 Å². The molecule has 0 bridgehead atoms. The first-order chi connectivity index (χ1) is 12.7. The fraction of sp³-hybridized carbons (Fsp3) is 0.579. The van der Waals surface area contributed by atoms with E-state index in [1.165, 1.54) is 32.1 Å². The second-order valence-corrected chi connectivity index (χ2v) is 7.42. The van der Waals surface area contributed by atoms with Gasteiger partial charge in [-0.25, -0.2) is 4.79 Å². The topological polar surface area (TPSA) is 75.9 Å². The number of benzene rings is 1. The van der Waals surface area contributed by atoms with Gasteiger partial charge in [-0.1, -0.05) is 25.3 Å². The number of rotatable bonds is 3. The molecule has 1 aliphatic heterocycles. The van der Waals surface area contributed by atoms with Crippen molar-refractivity contribution in [3.63, 3.8) is 0 Å². The Morgan fingerprint density at radius 3 is 2.77 bits per heavy atom. The molecule has 26 heavy (non-hydrogen) atoms. The lowest BCUT2D eigenvalue weighted by Crippen LogP contribution is -2.43. The van der Waals surface area contributed by atoms with Crippen LogP contribution in [0.1, 0.15) is 50.8 Å². The number of nitrogens with zero attached hydrogens (tertiary/aromatic N) is 5. The van der Waals surface area contributed by atoms with E-state index in [0.29, 0.717) is 17.8 Å². The molecule has 2 fully saturated rings. The molecule has 1 saturated carbocycles. The first-order valence-corrected chi connectivity index (χ1v) is 9.65. The van der Waals surface area contributed by atoms with Crippen LogP contribution in [0.25, 0.3) is 5.69 Å². The number of amides is 2. The van der Waals surface area contributed by atoms with Crippen molar-refractivity contribution in [2.75, 3.05) is 11.9 Å². The number of hydrogen-bond donors (Lipinski definition) is 1. The van der Waals surface area contributed by atoms with E-state index in [1.807, 2.05) is 31.2 Å². The number of likely N-dealkylation sites (tertiary alicyclic amines) is 1. The summed E-state index contributed by atoms with van der Waals surface area (Å²) < 4.78 is 1.66. The third kappa shape index (κ3) is 3.43. The van der Waals surface area contributed by atoms with Gasteiger partial charge in [0, 0.05) is 18.3 Å². The predicted octanol–water partition coefficient (Wildman–Crippen LogP) is 3.55. The number of urea groups is 1. The van der Waals surface area contributed by atoms with Crippen molar-refractivity contribution < 1.29 is 4.79 Å². The maximum Gasteiger partial charge on any atom is 0.322 e. The van der Waals surface area contributed by atoms with Crippen LogP contribution in [0, 0.1) is 12.8 Å². The number of hydrogen-bond acceptors (Lipinski definition) is 4. The zero-order chi connectivity index (χ0) is 17.9. The first-order valence-electron chi connectivity index (χ1n) is 9.65. The van der Waals surface area contributed by atoms with Crippen molar-refractivity contribution in [2.24, 2.45) is 5.92 Å². The van der Waals surface area contributed by atoms with Gasteiger partial charge in [0.1, 0.15) is 0 Å². The van der Waals surface area contributed by atoms with Crippen molar-refractivity contribution in [3.05, 3.63) is 30.1 Å². The van der Waals surface area contributed by atoms with Gasteiger partial charge in [0.25, 0.3) is 0 Å². The van der Waals surface area contributed by atoms with Gasteiger partial charge in [-0.15, -0.1) is 5.10 Å². The molecule has 1 unspecified atom stereocenters. The molecule has 2 aliphatic rings. The monoisotopic (exact) mass is 354 g/mol. The van der Waals surface area contributed by atoms with Gasteiger partial charge in [-0.2, -0.15) is 4.68 Å². The van der Waals surface area contributed by atoms with E-state index >= 15 is 0 Å². The Labute approximate surface area is 153 Å². The molecule has 1 aliphatic carbocycles. The van der Waals surface area contributed by atoms with Crippen LogP contribution in [-0.2, 0) is 0 Å². The molecule has 2 amide bonds. The van der Waals surface area contributed by atoms with Crippen molar-refractivity contribution in [1.29, 1.82) is 0 Å². The van der Waals surface area contributed by atoms with Gasteiger partial charge in [-0.3, -0.25) is 0 Å². The van der Waals surface area contributed by atoms with Gasteiger partial charge in [-0.05, 0) is 67.2 Å². The van der Waals surface area contributed by atoms with Crippen LogP contribution in [0.15, 0.2) is 24.3 Å². The lowest BCUT2D eigenvalue weighted by atomic mass is 9.83. The first kappa shape index (κ1) is 17.0. The SMILES string of the molecule is Cc1nnnn1-c1cccc(NC(=O)N2CCCC2C2CCCCC2)c1. The van der Waals surface area contributed by atoms with Crippen LogP contribution in [0.4, 0.5) is 10.5 Å². The Bertz CT molecular complexity index is 767. The highest BCUT2D eigenvalue weighted by molar-refractivity contribution is 5.90. The Hall–Kier alpha value is -2.44. The Morgan fingerprint density at radius 1 is 1.15 bits per heavy atom. The highest BCUT2D eigenvalue weighted by atomic mass is 16.2. The van der Waals surface area contributed by atoms with E-state index in [2.05, 4.69) is 25.7 Å². The summed E-state index contributed by atoms with van der Waals surface area (Å²) in [5.74, 6) is 1.39. The van der Waals surface area contributed by atoms with Crippen molar-refractivity contribution in [3.8, 4) is 5.69 Å². The molecule has 1 atom stereocenters. The van der Waals surface area contributed by atoms with Crippen molar-refractivity contribution in [1.82, 2.24) is 25.1 Å². The molecule has 0 spiro atoms. The third-order valence-electron chi connectivity index (χ3n) is 5.72. The van der Waals surface area contributed by atoms with E-state index in [9.17, 15) is 4.79 Å². The van der Waals surface area contributed by atoms with E-state index < -0.39 is 0 Å². The third-order valence-corrected chi connectivity index (χ3v) is 5.72. The number of carbonyl (C=O) groups excluding carboxylic acids is 1. The van der Waals surface area contributed by atoms with Crippen LogP contribution in [-0.4, -0.2) is 43.7 Å². The average Bonchev–Trinajstić information content (AvgIpc) is 3.31. The molecule has 1 N–H and O–H groups in total. The number of tetrazole rings is 1. The Kier molecular flexibility index (Phi) is 4.86. The number of carbonyl (C=O) groups is 1. The van der Waals surface area contributed by atoms with Crippen LogP contribution < -0.4 is 5.32 Å². The maximum absolute atomic E-state index is 12.9. The molecular formula is C19H26N6O. The van der Waals surface area contributed by atoms with Crippen molar-refractivity contribution in [2.45, 2.75) is 57.9 Å². The zero-order valence-corrected chi connectivity index (χ0v) is 15.3. The quantitative estimate of drug-likeness (QED) is 0.914. The summed E-state index contributed by atoms with van der Waals surface area (Å²) >= 11 is 0. The van der Waals surface area contributed by atoms with Crippen molar-refractivity contribution >= 4 is 11.7 Å². The number of aromatic nitrogens is 4. The van der Waals surface area contributed by atoms with E-state index in [4.69, 9.17) is 0 Å².